The normalized spacial score (nSPS) is 10.3. The summed E-state index contributed by atoms with van der Waals surface area (Å²) < 4.78 is 5.87. The van der Waals surface area contributed by atoms with Crippen LogP contribution in [0.25, 0.3) is 11.0 Å². The summed E-state index contributed by atoms with van der Waals surface area (Å²) in [7, 11) is 1.62. The van der Waals surface area contributed by atoms with Crippen molar-refractivity contribution < 1.29 is 4.74 Å². The zero-order chi connectivity index (χ0) is 9.26. The number of ether oxygens (including phenoxy) is 1. The van der Waals surface area contributed by atoms with E-state index in [9.17, 15) is 0 Å². The van der Waals surface area contributed by atoms with Crippen molar-refractivity contribution in [2.45, 2.75) is 0 Å². The lowest BCUT2D eigenvalue weighted by atomic mass is 10.3. The van der Waals surface area contributed by atoms with Crippen LogP contribution in [0.3, 0.4) is 0 Å². The van der Waals surface area contributed by atoms with Gasteiger partial charge in [-0.2, -0.15) is 0 Å². The third kappa shape index (κ3) is 1.49. The first-order valence-corrected chi connectivity index (χ1v) is 4.56. The van der Waals surface area contributed by atoms with Crippen molar-refractivity contribution in [3.8, 4) is 5.75 Å². The minimum atomic E-state index is 0.713. The molecular weight excluding hydrogens is 232 g/mol. The summed E-state index contributed by atoms with van der Waals surface area (Å²) in [5, 5.41) is 0. The van der Waals surface area contributed by atoms with E-state index >= 15 is 0 Å². The molecule has 13 heavy (non-hydrogen) atoms. The molecule has 0 aliphatic carbocycles. The standard InChI is InChI=1S/C9H7BrN2O/c1-13-7-4-2-3-6-9(7)12-8(10)5-11-6/h2-5H,1H3. The van der Waals surface area contributed by atoms with Crippen molar-refractivity contribution >= 4 is 27.0 Å². The predicted octanol–water partition coefficient (Wildman–Crippen LogP) is 2.40. The maximum absolute atomic E-state index is 5.16. The molecule has 0 spiro atoms. The number of nitrogens with zero attached hydrogens (tertiary/aromatic N) is 2. The van der Waals surface area contributed by atoms with Gasteiger partial charge in [0.25, 0.3) is 0 Å². The molecule has 0 N–H and O–H groups in total. The Hall–Kier alpha value is -1.16. The quantitative estimate of drug-likeness (QED) is 0.766. The molecule has 1 heterocycles. The maximum Gasteiger partial charge on any atom is 0.146 e. The molecule has 0 amide bonds. The van der Waals surface area contributed by atoms with Crippen LogP contribution in [0.1, 0.15) is 0 Å². The van der Waals surface area contributed by atoms with Crippen LogP contribution in [0.15, 0.2) is 29.0 Å². The van der Waals surface area contributed by atoms with Crippen molar-refractivity contribution in [3.05, 3.63) is 29.0 Å². The van der Waals surface area contributed by atoms with E-state index in [4.69, 9.17) is 4.74 Å². The lowest BCUT2D eigenvalue weighted by molar-refractivity contribution is 0.418. The molecule has 0 aliphatic heterocycles. The lowest BCUT2D eigenvalue weighted by Crippen LogP contribution is -1.89. The van der Waals surface area contributed by atoms with Crippen LogP contribution in [-0.4, -0.2) is 17.1 Å². The van der Waals surface area contributed by atoms with E-state index in [1.807, 2.05) is 18.2 Å². The zero-order valence-electron chi connectivity index (χ0n) is 6.99. The van der Waals surface area contributed by atoms with Crippen LogP contribution >= 0.6 is 15.9 Å². The number of halogens is 1. The minimum Gasteiger partial charge on any atom is -0.494 e. The third-order valence-corrected chi connectivity index (χ3v) is 2.11. The Bertz CT molecular complexity index is 445. The van der Waals surface area contributed by atoms with Gasteiger partial charge in [0.15, 0.2) is 0 Å². The first kappa shape index (κ1) is 8.44. The highest BCUT2D eigenvalue weighted by molar-refractivity contribution is 9.10. The van der Waals surface area contributed by atoms with Crippen molar-refractivity contribution in [1.29, 1.82) is 0 Å². The molecule has 3 nitrogen and oxygen atoms in total. The number of hydrogen-bond acceptors (Lipinski definition) is 3. The van der Waals surface area contributed by atoms with Crippen molar-refractivity contribution in [2.75, 3.05) is 7.11 Å². The second-order valence-corrected chi connectivity index (χ2v) is 3.33. The second kappa shape index (κ2) is 3.30. The highest BCUT2D eigenvalue weighted by Gasteiger charge is 2.02. The first-order valence-electron chi connectivity index (χ1n) is 3.76. The van der Waals surface area contributed by atoms with E-state index in [-0.39, 0.29) is 0 Å². The first-order chi connectivity index (χ1) is 6.31. The molecule has 0 saturated carbocycles. The molecular formula is C9H7BrN2O. The van der Waals surface area contributed by atoms with E-state index in [2.05, 4.69) is 25.9 Å². The van der Waals surface area contributed by atoms with Gasteiger partial charge in [-0.15, -0.1) is 0 Å². The second-order valence-electron chi connectivity index (χ2n) is 2.52. The average molecular weight is 239 g/mol. The van der Waals surface area contributed by atoms with Gasteiger partial charge in [0.05, 0.1) is 18.8 Å². The summed E-state index contributed by atoms with van der Waals surface area (Å²) in [6.07, 6.45) is 1.67. The van der Waals surface area contributed by atoms with Crippen LogP contribution in [-0.2, 0) is 0 Å². The van der Waals surface area contributed by atoms with Crippen LogP contribution in [0.4, 0.5) is 0 Å². The van der Waals surface area contributed by atoms with Gasteiger partial charge in [-0.05, 0) is 28.1 Å². The van der Waals surface area contributed by atoms with Crippen molar-refractivity contribution in [2.24, 2.45) is 0 Å². The number of rotatable bonds is 1. The van der Waals surface area contributed by atoms with Crippen LogP contribution < -0.4 is 4.74 Å². The molecule has 0 aliphatic rings. The molecule has 1 aromatic heterocycles. The Kier molecular flexibility index (Phi) is 2.14. The smallest absolute Gasteiger partial charge is 0.146 e. The van der Waals surface area contributed by atoms with Crippen LogP contribution in [0.5, 0.6) is 5.75 Å². The van der Waals surface area contributed by atoms with Gasteiger partial charge >= 0.3 is 0 Å². The summed E-state index contributed by atoms with van der Waals surface area (Å²) in [5.74, 6) is 0.742. The fraction of sp³-hybridized carbons (Fsp3) is 0.111. The Morgan fingerprint density at radius 2 is 2.23 bits per heavy atom. The van der Waals surface area contributed by atoms with Gasteiger partial charge in [-0.3, -0.25) is 4.98 Å². The average Bonchev–Trinajstić information content (AvgIpc) is 2.17. The molecule has 0 unspecified atom stereocenters. The van der Waals surface area contributed by atoms with Gasteiger partial charge in [-0.1, -0.05) is 6.07 Å². The van der Waals surface area contributed by atoms with E-state index < -0.39 is 0 Å². The molecule has 1 aromatic carbocycles. The van der Waals surface area contributed by atoms with Gasteiger partial charge in [0.2, 0.25) is 0 Å². The molecule has 66 valence electrons. The third-order valence-electron chi connectivity index (χ3n) is 1.73. The summed E-state index contributed by atoms with van der Waals surface area (Å²) in [6, 6.07) is 5.66. The van der Waals surface area contributed by atoms with Crippen molar-refractivity contribution in [3.63, 3.8) is 0 Å². The summed E-state index contributed by atoms with van der Waals surface area (Å²) in [4.78, 5) is 8.48. The lowest BCUT2D eigenvalue weighted by Gasteiger charge is -2.02. The zero-order valence-corrected chi connectivity index (χ0v) is 8.58. The monoisotopic (exact) mass is 238 g/mol. The van der Waals surface area contributed by atoms with E-state index in [1.54, 1.807) is 13.3 Å². The molecule has 4 heteroatoms. The molecule has 0 fully saturated rings. The van der Waals surface area contributed by atoms with E-state index in [1.165, 1.54) is 0 Å². The Morgan fingerprint density at radius 3 is 3.00 bits per heavy atom. The molecule has 0 atom stereocenters. The van der Waals surface area contributed by atoms with Crippen LogP contribution in [0, 0.1) is 0 Å². The van der Waals surface area contributed by atoms with Gasteiger partial charge < -0.3 is 4.74 Å². The topological polar surface area (TPSA) is 35.0 Å². The Labute approximate surface area is 83.9 Å². The van der Waals surface area contributed by atoms with Gasteiger partial charge in [0.1, 0.15) is 15.9 Å². The van der Waals surface area contributed by atoms with Crippen molar-refractivity contribution in [1.82, 2.24) is 9.97 Å². The number of aromatic nitrogens is 2. The summed E-state index contributed by atoms with van der Waals surface area (Å²) >= 11 is 3.27. The highest BCUT2D eigenvalue weighted by Crippen LogP contribution is 2.22. The number of fused-ring (bicyclic) bond motifs is 1. The number of benzene rings is 1. The Morgan fingerprint density at radius 1 is 1.38 bits per heavy atom. The summed E-state index contributed by atoms with van der Waals surface area (Å²) in [6.45, 7) is 0. The number of hydrogen-bond donors (Lipinski definition) is 0. The molecule has 0 radical (unpaired) electrons. The highest BCUT2D eigenvalue weighted by atomic mass is 79.9. The van der Waals surface area contributed by atoms with Gasteiger partial charge in [-0.25, -0.2) is 4.98 Å². The molecule has 0 saturated heterocycles. The fourth-order valence-electron chi connectivity index (χ4n) is 1.15. The number of para-hydroxylation sites is 1. The summed E-state index contributed by atoms with van der Waals surface area (Å²) in [5.41, 5.74) is 1.61. The number of methoxy groups -OCH3 is 1. The van der Waals surface area contributed by atoms with Gasteiger partial charge in [0, 0.05) is 0 Å². The van der Waals surface area contributed by atoms with E-state index in [0.29, 0.717) is 4.60 Å². The predicted molar refractivity (Wildman–Crippen MR) is 53.8 cm³/mol. The molecule has 2 aromatic rings. The Balaban J connectivity index is 2.79. The largest absolute Gasteiger partial charge is 0.494 e. The SMILES string of the molecule is COc1cccc2ncc(Br)nc12. The maximum atomic E-state index is 5.16. The van der Waals surface area contributed by atoms with E-state index in [0.717, 1.165) is 16.8 Å². The minimum absolute atomic E-state index is 0.713. The molecule has 0 bridgehead atoms. The molecule has 2 rings (SSSR count). The fourth-order valence-corrected chi connectivity index (χ4v) is 1.43. The van der Waals surface area contributed by atoms with Crippen LogP contribution in [0.2, 0.25) is 0 Å².